The Bertz CT molecular complexity index is 377. The maximum atomic E-state index is 12.9. The molecule has 1 fully saturated rings. The van der Waals surface area contributed by atoms with Crippen LogP contribution in [0.5, 0.6) is 0 Å². The molecule has 82 valence electrons. The van der Waals surface area contributed by atoms with E-state index in [-0.39, 0.29) is 13.0 Å². The molecule has 0 aliphatic heterocycles. The largest absolute Gasteiger partial charge is 0.481 e. The van der Waals surface area contributed by atoms with Crippen LogP contribution in [0.4, 0.5) is 8.78 Å². The number of carboxylic acids is 1. The molecule has 4 nitrogen and oxygen atoms in total. The van der Waals surface area contributed by atoms with E-state index in [1.807, 2.05) is 0 Å². The first-order valence-electron chi connectivity index (χ1n) is 4.57. The Morgan fingerprint density at radius 1 is 1.60 bits per heavy atom. The predicted octanol–water partition coefficient (Wildman–Crippen LogP) is 1.38. The zero-order valence-electron chi connectivity index (χ0n) is 7.86. The Kier molecular flexibility index (Phi) is 2.02. The van der Waals surface area contributed by atoms with E-state index in [1.54, 1.807) is 12.3 Å². The SMILES string of the molecule is O=C(O)C1(CCn2cccn2)CC1(F)F. The molecule has 1 N–H and O–H groups in total. The van der Waals surface area contributed by atoms with Crippen molar-refractivity contribution in [3.63, 3.8) is 0 Å². The predicted molar refractivity (Wildman–Crippen MR) is 46.5 cm³/mol. The number of carboxylic acid groups (broad SMARTS) is 1. The quantitative estimate of drug-likeness (QED) is 0.827. The molecule has 1 saturated carbocycles. The van der Waals surface area contributed by atoms with Crippen molar-refractivity contribution in [3.8, 4) is 0 Å². The van der Waals surface area contributed by atoms with Gasteiger partial charge in [-0.1, -0.05) is 0 Å². The molecule has 1 aliphatic carbocycles. The number of carbonyl (C=O) groups is 1. The fraction of sp³-hybridized carbons (Fsp3) is 0.556. The zero-order chi connectivity index (χ0) is 11.1. The number of hydrogen-bond acceptors (Lipinski definition) is 2. The Labute approximate surface area is 84.5 Å². The summed E-state index contributed by atoms with van der Waals surface area (Å²) in [6.45, 7) is 0.203. The number of hydrogen-bond donors (Lipinski definition) is 1. The molecule has 1 aromatic rings. The van der Waals surface area contributed by atoms with Crippen molar-refractivity contribution >= 4 is 5.97 Å². The molecule has 1 aliphatic rings. The van der Waals surface area contributed by atoms with Crippen molar-refractivity contribution in [2.24, 2.45) is 5.41 Å². The van der Waals surface area contributed by atoms with Gasteiger partial charge in [-0.15, -0.1) is 0 Å². The maximum absolute atomic E-state index is 12.9. The second-order valence-corrected chi connectivity index (χ2v) is 3.79. The van der Waals surface area contributed by atoms with Crippen molar-refractivity contribution in [1.29, 1.82) is 0 Å². The van der Waals surface area contributed by atoms with Gasteiger partial charge < -0.3 is 5.11 Å². The average Bonchev–Trinajstić information content (AvgIpc) is 2.57. The Morgan fingerprint density at radius 3 is 2.67 bits per heavy atom. The van der Waals surface area contributed by atoms with Crippen LogP contribution in [0.25, 0.3) is 0 Å². The molecule has 0 amide bonds. The van der Waals surface area contributed by atoms with Crippen LogP contribution in [-0.2, 0) is 11.3 Å². The van der Waals surface area contributed by atoms with Crippen LogP contribution in [0.1, 0.15) is 12.8 Å². The normalized spacial score (nSPS) is 27.6. The lowest BCUT2D eigenvalue weighted by atomic mass is 10.0. The van der Waals surface area contributed by atoms with Gasteiger partial charge in [-0.05, 0) is 12.5 Å². The van der Waals surface area contributed by atoms with Gasteiger partial charge in [0.2, 0.25) is 0 Å². The third-order valence-electron chi connectivity index (χ3n) is 2.84. The van der Waals surface area contributed by atoms with E-state index >= 15 is 0 Å². The van der Waals surface area contributed by atoms with Crippen LogP contribution in [0.15, 0.2) is 18.5 Å². The highest BCUT2D eigenvalue weighted by molar-refractivity contribution is 5.80. The lowest BCUT2D eigenvalue weighted by Gasteiger charge is -2.10. The molecule has 2 rings (SSSR count). The first kappa shape index (κ1) is 10.1. The summed E-state index contributed by atoms with van der Waals surface area (Å²) in [5.41, 5.74) is -1.86. The van der Waals surface area contributed by atoms with Crippen LogP contribution in [0, 0.1) is 5.41 Å². The van der Waals surface area contributed by atoms with Gasteiger partial charge in [0.25, 0.3) is 5.92 Å². The molecule has 1 unspecified atom stereocenters. The number of aliphatic carboxylic acids is 1. The van der Waals surface area contributed by atoms with Gasteiger partial charge in [0.1, 0.15) is 5.41 Å². The number of alkyl halides is 2. The van der Waals surface area contributed by atoms with Gasteiger partial charge in [-0.25, -0.2) is 8.78 Å². The lowest BCUT2D eigenvalue weighted by molar-refractivity contribution is -0.148. The van der Waals surface area contributed by atoms with Crippen molar-refractivity contribution < 1.29 is 18.7 Å². The first-order chi connectivity index (χ1) is 6.98. The summed E-state index contributed by atoms with van der Waals surface area (Å²) in [6, 6.07) is 1.67. The molecular weight excluding hydrogens is 206 g/mol. The van der Waals surface area contributed by atoms with Gasteiger partial charge in [0.15, 0.2) is 0 Å². The second kappa shape index (κ2) is 3.01. The van der Waals surface area contributed by atoms with E-state index in [4.69, 9.17) is 5.11 Å². The number of nitrogens with zero attached hydrogens (tertiary/aromatic N) is 2. The summed E-state index contributed by atoms with van der Waals surface area (Å²) in [4.78, 5) is 10.7. The number of aryl methyl sites for hydroxylation is 1. The summed E-state index contributed by atoms with van der Waals surface area (Å²) < 4.78 is 27.3. The molecular formula is C9H10F2N2O2. The van der Waals surface area contributed by atoms with Crippen LogP contribution < -0.4 is 0 Å². The minimum absolute atomic E-state index is 0.0863. The van der Waals surface area contributed by atoms with Crippen molar-refractivity contribution in [2.45, 2.75) is 25.3 Å². The molecule has 6 heteroatoms. The minimum atomic E-state index is -3.06. The fourth-order valence-corrected chi connectivity index (χ4v) is 1.68. The first-order valence-corrected chi connectivity index (χ1v) is 4.57. The van der Waals surface area contributed by atoms with Crippen molar-refractivity contribution in [3.05, 3.63) is 18.5 Å². The van der Waals surface area contributed by atoms with Gasteiger partial charge in [-0.2, -0.15) is 5.10 Å². The van der Waals surface area contributed by atoms with Gasteiger partial charge in [0.05, 0.1) is 0 Å². The molecule has 1 aromatic heterocycles. The summed E-state index contributed by atoms with van der Waals surface area (Å²) >= 11 is 0. The lowest BCUT2D eigenvalue weighted by Crippen LogP contribution is -2.24. The third-order valence-corrected chi connectivity index (χ3v) is 2.84. The van der Waals surface area contributed by atoms with Crippen molar-refractivity contribution in [2.75, 3.05) is 0 Å². The highest BCUT2D eigenvalue weighted by Crippen LogP contribution is 2.62. The van der Waals surface area contributed by atoms with Crippen LogP contribution in [0.2, 0.25) is 0 Å². The average molecular weight is 216 g/mol. The number of halogens is 2. The van der Waals surface area contributed by atoms with Gasteiger partial charge >= 0.3 is 5.97 Å². The summed E-state index contributed by atoms with van der Waals surface area (Å²) in [6.07, 6.45) is 2.50. The summed E-state index contributed by atoms with van der Waals surface area (Å²) in [7, 11) is 0. The summed E-state index contributed by atoms with van der Waals surface area (Å²) in [5, 5.41) is 12.6. The monoisotopic (exact) mass is 216 g/mol. The molecule has 0 bridgehead atoms. The topological polar surface area (TPSA) is 55.1 Å². The van der Waals surface area contributed by atoms with E-state index in [1.165, 1.54) is 10.9 Å². The van der Waals surface area contributed by atoms with Crippen LogP contribution in [0.3, 0.4) is 0 Å². The van der Waals surface area contributed by atoms with E-state index < -0.39 is 23.7 Å². The highest BCUT2D eigenvalue weighted by atomic mass is 19.3. The third kappa shape index (κ3) is 1.49. The maximum Gasteiger partial charge on any atom is 0.316 e. The molecule has 0 spiro atoms. The Hall–Kier alpha value is -1.46. The summed E-state index contributed by atoms with van der Waals surface area (Å²) in [5.74, 6) is -4.48. The van der Waals surface area contributed by atoms with E-state index in [9.17, 15) is 13.6 Å². The van der Waals surface area contributed by atoms with Crippen LogP contribution >= 0.6 is 0 Å². The minimum Gasteiger partial charge on any atom is -0.481 e. The Balaban J connectivity index is 2.02. The van der Waals surface area contributed by atoms with Crippen LogP contribution in [-0.4, -0.2) is 26.8 Å². The van der Waals surface area contributed by atoms with E-state index in [2.05, 4.69) is 5.10 Å². The molecule has 1 heterocycles. The molecule has 0 aromatic carbocycles. The molecule has 0 radical (unpaired) electrons. The molecule has 15 heavy (non-hydrogen) atoms. The number of aromatic nitrogens is 2. The second-order valence-electron chi connectivity index (χ2n) is 3.79. The van der Waals surface area contributed by atoms with E-state index in [0.717, 1.165) is 0 Å². The van der Waals surface area contributed by atoms with Gasteiger partial charge in [-0.3, -0.25) is 9.48 Å². The van der Waals surface area contributed by atoms with Crippen molar-refractivity contribution in [1.82, 2.24) is 9.78 Å². The Morgan fingerprint density at radius 2 is 2.27 bits per heavy atom. The fourth-order valence-electron chi connectivity index (χ4n) is 1.68. The van der Waals surface area contributed by atoms with Gasteiger partial charge in [0, 0.05) is 25.4 Å². The zero-order valence-corrected chi connectivity index (χ0v) is 7.86. The highest BCUT2D eigenvalue weighted by Gasteiger charge is 2.75. The molecule has 1 atom stereocenters. The smallest absolute Gasteiger partial charge is 0.316 e. The number of rotatable bonds is 4. The van der Waals surface area contributed by atoms with E-state index in [0.29, 0.717) is 0 Å². The standard InChI is InChI=1S/C9H10F2N2O2/c10-9(11)6-8(9,7(14)15)2-5-13-4-1-3-12-13/h1,3-4H,2,5-6H2,(H,14,15). The molecule has 0 saturated heterocycles.